The van der Waals surface area contributed by atoms with Crippen LogP contribution in [0.15, 0.2) is 18.2 Å². The Balaban J connectivity index is 2.01. The molecule has 9 heteroatoms. The minimum absolute atomic E-state index is 0.0453. The second kappa shape index (κ2) is 9.49. The van der Waals surface area contributed by atoms with Crippen LogP contribution in [0.1, 0.15) is 39.7 Å². The lowest BCUT2D eigenvalue weighted by molar-refractivity contribution is -0.120. The summed E-state index contributed by atoms with van der Waals surface area (Å²) in [5.41, 5.74) is -0.116. The van der Waals surface area contributed by atoms with E-state index in [1.165, 1.54) is 6.92 Å². The highest BCUT2D eigenvalue weighted by molar-refractivity contribution is 5.73. The Morgan fingerprint density at radius 3 is 2.45 bits per heavy atom. The average Bonchev–Trinajstić information content (AvgIpc) is 2.98. The number of alkyl carbamates (subject to hydrolysis) is 1. The molecule has 29 heavy (non-hydrogen) atoms. The SMILES string of the molecule is CC(=O)NC(Cc1cc(F)cc(F)c1)C(O)C1CC(OC(=O)NC(C)(C)C)CN1. The molecule has 0 aliphatic carbocycles. The second-order valence-electron chi connectivity index (χ2n) is 8.43. The number of rotatable bonds is 6. The van der Waals surface area contributed by atoms with Crippen molar-refractivity contribution >= 4 is 12.0 Å². The first-order valence-corrected chi connectivity index (χ1v) is 9.55. The monoisotopic (exact) mass is 413 g/mol. The Labute approximate surface area is 169 Å². The maximum Gasteiger partial charge on any atom is 0.407 e. The molecule has 1 heterocycles. The van der Waals surface area contributed by atoms with Crippen molar-refractivity contribution in [2.75, 3.05) is 6.54 Å². The largest absolute Gasteiger partial charge is 0.445 e. The maximum absolute atomic E-state index is 13.5. The molecule has 0 spiro atoms. The van der Waals surface area contributed by atoms with Gasteiger partial charge in [0.25, 0.3) is 0 Å². The molecule has 4 atom stereocenters. The van der Waals surface area contributed by atoms with Gasteiger partial charge in [-0.15, -0.1) is 0 Å². The van der Waals surface area contributed by atoms with Crippen molar-refractivity contribution < 1.29 is 28.2 Å². The summed E-state index contributed by atoms with van der Waals surface area (Å²) in [6.45, 7) is 7.15. The molecule has 1 aromatic rings. The molecule has 1 fully saturated rings. The molecule has 2 amide bonds. The Hall–Kier alpha value is -2.26. The average molecular weight is 413 g/mol. The van der Waals surface area contributed by atoms with Gasteiger partial charge in [0.2, 0.25) is 5.91 Å². The number of amides is 2. The summed E-state index contributed by atoms with van der Waals surface area (Å²) in [5, 5.41) is 19.2. The van der Waals surface area contributed by atoms with E-state index in [0.717, 1.165) is 18.2 Å². The van der Waals surface area contributed by atoms with Gasteiger partial charge in [0.15, 0.2) is 0 Å². The summed E-state index contributed by atoms with van der Waals surface area (Å²) in [7, 11) is 0. The predicted molar refractivity (Wildman–Crippen MR) is 103 cm³/mol. The fourth-order valence-electron chi connectivity index (χ4n) is 3.35. The van der Waals surface area contributed by atoms with Crippen LogP contribution in [-0.4, -0.2) is 53.5 Å². The molecule has 1 aliphatic heterocycles. The van der Waals surface area contributed by atoms with Gasteiger partial charge in [0.1, 0.15) is 17.7 Å². The number of halogens is 2. The number of nitrogens with one attached hydrogen (secondary N) is 3. The summed E-state index contributed by atoms with van der Waals surface area (Å²) in [5.74, 6) is -1.83. The summed E-state index contributed by atoms with van der Waals surface area (Å²) >= 11 is 0. The van der Waals surface area contributed by atoms with Crippen molar-refractivity contribution in [2.24, 2.45) is 0 Å². The van der Waals surface area contributed by atoms with Crippen LogP contribution in [0.2, 0.25) is 0 Å². The van der Waals surface area contributed by atoms with Crippen molar-refractivity contribution in [1.82, 2.24) is 16.0 Å². The van der Waals surface area contributed by atoms with E-state index in [9.17, 15) is 23.5 Å². The van der Waals surface area contributed by atoms with Gasteiger partial charge in [-0.2, -0.15) is 0 Å². The van der Waals surface area contributed by atoms with Gasteiger partial charge >= 0.3 is 6.09 Å². The summed E-state index contributed by atoms with van der Waals surface area (Å²) < 4.78 is 32.3. The molecule has 1 saturated heterocycles. The topological polar surface area (TPSA) is 99.7 Å². The highest BCUT2D eigenvalue weighted by Crippen LogP contribution is 2.19. The van der Waals surface area contributed by atoms with Crippen LogP contribution >= 0.6 is 0 Å². The van der Waals surface area contributed by atoms with Gasteiger partial charge in [0.05, 0.1) is 12.1 Å². The molecule has 0 radical (unpaired) electrons. The van der Waals surface area contributed by atoms with Crippen molar-refractivity contribution in [3.63, 3.8) is 0 Å². The lowest BCUT2D eigenvalue weighted by atomic mass is 9.95. The molecule has 0 aromatic heterocycles. The van der Waals surface area contributed by atoms with E-state index < -0.39 is 47.6 Å². The number of ether oxygens (including phenoxy) is 1. The second-order valence-corrected chi connectivity index (χ2v) is 8.43. The number of benzene rings is 1. The molecular weight excluding hydrogens is 384 g/mol. The first-order chi connectivity index (χ1) is 13.4. The molecule has 1 aromatic carbocycles. The Morgan fingerprint density at radius 1 is 1.28 bits per heavy atom. The van der Waals surface area contributed by atoms with Crippen LogP contribution in [0, 0.1) is 11.6 Å². The summed E-state index contributed by atoms with van der Waals surface area (Å²) in [4.78, 5) is 23.5. The van der Waals surface area contributed by atoms with Crippen LogP contribution in [0.3, 0.4) is 0 Å². The number of carbonyl (C=O) groups is 2. The van der Waals surface area contributed by atoms with Crippen LogP contribution in [0.5, 0.6) is 0 Å². The van der Waals surface area contributed by atoms with Crippen molar-refractivity contribution in [3.8, 4) is 0 Å². The van der Waals surface area contributed by atoms with Gasteiger partial charge in [0, 0.05) is 37.5 Å². The van der Waals surface area contributed by atoms with Gasteiger partial charge in [-0.3, -0.25) is 4.79 Å². The van der Waals surface area contributed by atoms with Crippen LogP contribution in [0.25, 0.3) is 0 Å². The number of hydrogen-bond donors (Lipinski definition) is 4. The van der Waals surface area contributed by atoms with Gasteiger partial charge in [-0.05, 0) is 44.9 Å². The molecule has 0 bridgehead atoms. The van der Waals surface area contributed by atoms with Crippen molar-refractivity contribution in [2.45, 2.75) is 70.4 Å². The van der Waals surface area contributed by atoms with Crippen LogP contribution in [0.4, 0.5) is 13.6 Å². The first-order valence-electron chi connectivity index (χ1n) is 9.55. The minimum Gasteiger partial charge on any atom is -0.445 e. The quantitative estimate of drug-likeness (QED) is 0.568. The van der Waals surface area contributed by atoms with E-state index in [0.29, 0.717) is 18.5 Å². The fourth-order valence-corrected chi connectivity index (χ4v) is 3.35. The highest BCUT2D eigenvalue weighted by atomic mass is 19.1. The first kappa shape index (κ1) is 23.0. The van der Waals surface area contributed by atoms with Crippen molar-refractivity contribution in [1.29, 1.82) is 0 Å². The lowest BCUT2D eigenvalue weighted by Crippen LogP contribution is -2.51. The van der Waals surface area contributed by atoms with E-state index in [1.54, 1.807) is 0 Å². The van der Waals surface area contributed by atoms with E-state index in [4.69, 9.17) is 4.74 Å². The van der Waals surface area contributed by atoms with E-state index >= 15 is 0 Å². The molecule has 1 aliphatic rings. The molecule has 2 rings (SSSR count). The predicted octanol–water partition coefficient (Wildman–Crippen LogP) is 1.63. The third-order valence-corrected chi connectivity index (χ3v) is 4.47. The van der Waals surface area contributed by atoms with Crippen LogP contribution < -0.4 is 16.0 Å². The van der Waals surface area contributed by atoms with Gasteiger partial charge < -0.3 is 25.8 Å². The number of carbonyl (C=O) groups excluding carboxylic acids is 2. The zero-order valence-electron chi connectivity index (χ0n) is 17.1. The Kier molecular flexibility index (Phi) is 7.54. The number of aliphatic hydroxyl groups excluding tert-OH is 1. The molecule has 0 saturated carbocycles. The number of hydrogen-bond acceptors (Lipinski definition) is 5. The molecule has 162 valence electrons. The van der Waals surface area contributed by atoms with E-state index in [2.05, 4.69) is 16.0 Å². The molecular formula is C20H29F2N3O4. The zero-order chi connectivity index (χ0) is 21.8. The maximum atomic E-state index is 13.5. The van der Waals surface area contributed by atoms with Crippen molar-refractivity contribution in [3.05, 3.63) is 35.4 Å². The molecule has 7 nitrogen and oxygen atoms in total. The Bertz CT molecular complexity index is 719. The highest BCUT2D eigenvalue weighted by Gasteiger charge is 2.36. The van der Waals surface area contributed by atoms with Gasteiger partial charge in [-0.1, -0.05) is 0 Å². The van der Waals surface area contributed by atoms with Crippen LogP contribution in [-0.2, 0) is 16.0 Å². The summed E-state index contributed by atoms with van der Waals surface area (Å²) in [6, 6.07) is 1.85. The zero-order valence-corrected chi connectivity index (χ0v) is 17.1. The third kappa shape index (κ3) is 7.58. The normalized spacial score (nSPS) is 21.3. The third-order valence-electron chi connectivity index (χ3n) is 4.47. The minimum atomic E-state index is -1.05. The number of aliphatic hydroxyl groups is 1. The van der Waals surface area contributed by atoms with Gasteiger partial charge in [-0.25, -0.2) is 13.6 Å². The van der Waals surface area contributed by atoms with E-state index in [1.807, 2.05) is 20.8 Å². The van der Waals surface area contributed by atoms with E-state index in [-0.39, 0.29) is 12.3 Å². The lowest BCUT2D eigenvalue weighted by Gasteiger charge is -2.28. The molecule has 4 N–H and O–H groups in total. The summed E-state index contributed by atoms with van der Waals surface area (Å²) in [6.07, 6.45) is -1.66. The standard InChI is InChI=1S/C20H29F2N3O4/c1-11(26)24-17(7-12-5-13(21)8-14(22)6-12)18(27)16-9-15(10-23-16)29-19(28)25-20(2,3)4/h5-6,8,15-18,23,27H,7,9-10H2,1-4H3,(H,24,26)(H,25,28). The smallest absolute Gasteiger partial charge is 0.407 e. The molecule has 4 unspecified atom stereocenters. The Morgan fingerprint density at radius 2 is 1.90 bits per heavy atom. The fraction of sp³-hybridized carbons (Fsp3) is 0.600.